The van der Waals surface area contributed by atoms with Crippen molar-refractivity contribution < 1.29 is 9.53 Å². The van der Waals surface area contributed by atoms with E-state index in [1.807, 2.05) is 11.5 Å². The van der Waals surface area contributed by atoms with Gasteiger partial charge in [-0.05, 0) is 34.6 Å². The Morgan fingerprint density at radius 1 is 1.56 bits per heavy atom. The van der Waals surface area contributed by atoms with E-state index in [1.165, 1.54) is 0 Å². The molecular formula is C13H23N3O2. The Bertz CT molecular complexity index is 393. The molecule has 1 aromatic heterocycles. The van der Waals surface area contributed by atoms with Crippen LogP contribution in [0, 0.1) is 0 Å². The standard InChI is InChI=1S/C13H23N3O2/c1-6-18-12(17)10(2)16-8-7-14-11(16)9-15-13(3,4)5/h7-8,10,15H,6,9H2,1-5H3. The molecule has 1 atom stereocenters. The maximum Gasteiger partial charge on any atom is 0.328 e. The van der Waals surface area contributed by atoms with Gasteiger partial charge in [0, 0.05) is 17.9 Å². The van der Waals surface area contributed by atoms with Gasteiger partial charge in [0.15, 0.2) is 0 Å². The van der Waals surface area contributed by atoms with Crippen LogP contribution < -0.4 is 5.32 Å². The van der Waals surface area contributed by atoms with Crippen LogP contribution in [-0.2, 0) is 16.1 Å². The number of carbonyl (C=O) groups excluding carboxylic acids is 1. The van der Waals surface area contributed by atoms with Gasteiger partial charge in [-0.15, -0.1) is 0 Å². The van der Waals surface area contributed by atoms with Gasteiger partial charge < -0.3 is 14.6 Å². The van der Waals surface area contributed by atoms with Gasteiger partial charge in [0.1, 0.15) is 11.9 Å². The number of hydrogen-bond acceptors (Lipinski definition) is 4. The summed E-state index contributed by atoms with van der Waals surface area (Å²) in [7, 11) is 0. The second-order valence-electron chi connectivity index (χ2n) is 5.28. The number of aromatic nitrogens is 2. The van der Waals surface area contributed by atoms with E-state index in [9.17, 15) is 4.79 Å². The molecule has 1 N–H and O–H groups in total. The molecule has 0 saturated carbocycles. The summed E-state index contributed by atoms with van der Waals surface area (Å²) in [4.78, 5) is 16.0. The summed E-state index contributed by atoms with van der Waals surface area (Å²) in [6.07, 6.45) is 3.51. The average Bonchev–Trinajstić information content (AvgIpc) is 2.72. The minimum absolute atomic E-state index is 0.0178. The van der Waals surface area contributed by atoms with E-state index < -0.39 is 0 Å². The third-order valence-corrected chi connectivity index (χ3v) is 2.57. The van der Waals surface area contributed by atoms with Gasteiger partial charge in [-0.25, -0.2) is 9.78 Å². The predicted octanol–water partition coefficient (Wildman–Crippen LogP) is 1.90. The minimum Gasteiger partial charge on any atom is -0.464 e. The summed E-state index contributed by atoms with van der Waals surface area (Å²) in [6.45, 7) is 10.9. The molecule has 102 valence electrons. The molecule has 0 amide bonds. The highest BCUT2D eigenvalue weighted by Gasteiger charge is 2.19. The van der Waals surface area contributed by atoms with Crippen molar-refractivity contribution in [1.29, 1.82) is 0 Å². The van der Waals surface area contributed by atoms with Crippen molar-refractivity contribution in [3.8, 4) is 0 Å². The molecule has 0 aromatic carbocycles. The SMILES string of the molecule is CCOC(=O)C(C)n1ccnc1CNC(C)(C)C. The first-order chi connectivity index (χ1) is 8.35. The average molecular weight is 253 g/mol. The maximum atomic E-state index is 11.7. The summed E-state index contributed by atoms with van der Waals surface area (Å²) < 4.78 is 6.86. The van der Waals surface area contributed by atoms with Crippen molar-refractivity contribution in [2.75, 3.05) is 6.61 Å². The van der Waals surface area contributed by atoms with E-state index in [4.69, 9.17) is 4.74 Å². The fraction of sp³-hybridized carbons (Fsp3) is 0.692. The molecular weight excluding hydrogens is 230 g/mol. The molecule has 0 fully saturated rings. The Labute approximate surface area is 109 Å². The van der Waals surface area contributed by atoms with Gasteiger partial charge in [0.2, 0.25) is 0 Å². The molecule has 0 aliphatic rings. The van der Waals surface area contributed by atoms with Gasteiger partial charge in [0.05, 0.1) is 13.2 Å². The molecule has 1 heterocycles. The maximum absolute atomic E-state index is 11.7. The van der Waals surface area contributed by atoms with Gasteiger partial charge in [-0.2, -0.15) is 0 Å². The highest BCUT2D eigenvalue weighted by molar-refractivity contribution is 5.73. The molecule has 5 heteroatoms. The lowest BCUT2D eigenvalue weighted by Crippen LogP contribution is -2.36. The number of imidazole rings is 1. The molecule has 1 aromatic rings. The van der Waals surface area contributed by atoms with Crippen LogP contribution in [0.25, 0.3) is 0 Å². The topological polar surface area (TPSA) is 56.2 Å². The van der Waals surface area contributed by atoms with Gasteiger partial charge in [-0.1, -0.05) is 0 Å². The minimum atomic E-state index is -0.343. The molecule has 0 aliphatic carbocycles. The second kappa shape index (κ2) is 6.00. The number of hydrogen-bond donors (Lipinski definition) is 1. The number of rotatable bonds is 5. The van der Waals surface area contributed by atoms with Crippen molar-refractivity contribution in [1.82, 2.24) is 14.9 Å². The second-order valence-corrected chi connectivity index (χ2v) is 5.28. The smallest absolute Gasteiger partial charge is 0.328 e. The fourth-order valence-corrected chi connectivity index (χ4v) is 1.55. The Kier molecular flexibility index (Phi) is 4.90. The van der Waals surface area contributed by atoms with Crippen molar-refractivity contribution in [3.63, 3.8) is 0 Å². The molecule has 5 nitrogen and oxygen atoms in total. The monoisotopic (exact) mass is 253 g/mol. The molecule has 1 unspecified atom stereocenters. The summed E-state index contributed by atoms with van der Waals surface area (Å²) in [5.41, 5.74) is 0.0178. The number of nitrogens with one attached hydrogen (secondary N) is 1. The van der Waals surface area contributed by atoms with Gasteiger partial charge >= 0.3 is 5.97 Å². The molecule has 1 rings (SSSR count). The van der Waals surface area contributed by atoms with E-state index in [2.05, 4.69) is 31.1 Å². The van der Waals surface area contributed by atoms with Crippen molar-refractivity contribution >= 4 is 5.97 Å². The molecule has 0 spiro atoms. The first-order valence-electron chi connectivity index (χ1n) is 6.28. The summed E-state index contributed by atoms with van der Waals surface area (Å²) in [5, 5.41) is 3.36. The number of carbonyl (C=O) groups is 1. The van der Waals surface area contributed by atoms with Crippen LogP contribution in [0.2, 0.25) is 0 Å². The van der Waals surface area contributed by atoms with Crippen molar-refractivity contribution in [2.24, 2.45) is 0 Å². The van der Waals surface area contributed by atoms with Crippen molar-refractivity contribution in [2.45, 2.75) is 52.7 Å². The summed E-state index contributed by atoms with van der Waals surface area (Å²) in [5.74, 6) is 0.609. The van der Waals surface area contributed by atoms with E-state index in [-0.39, 0.29) is 17.6 Å². The van der Waals surface area contributed by atoms with E-state index >= 15 is 0 Å². The first-order valence-corrected chi connectivity index (χ1v) is 6.28. The van der Waals surface area contributed by atoms with Crippen LogP contribution in [-0.4, -0.2) is 27.7 Å². The Hall–Kier alpha value is -1.36. The lowest BCUT2D eigenvalue weighted by Gasteiger charge is -2.21. The Balaban J connectivity index is 2.73. The molecule has 0 saturated heterocycles. The van der Waals surface area contributed by atoms with E-state index in [1.54, 1.807) is 19.3 Å². The zero-order valence-corrected chi connectivity index (χ0v) is 11.9. The third-order valence-electron chi connectivity index (χ3n) is 2.57. The number of nitrogens with zero attached hydrogens (tertiary/aromatic N) is 2. The van der Waals surface area contributed by atoms with Crippen LogP contribution in [0.4, 0.5) is 0 Å². The van der Waals surface area contributed by atoms with Crippen molar-refractivity contribution in [3.05, 3.63) is 18.2 Å². The molecule has 0 aliphatic heterocycles. The lowest BCUT2D eigenvalue weighted by molar-refractivity contribution is -0.146. The highest BCUT2D eigenvalue weighted by atomic mass is 16.5. The van der Waals surface area contributed by atoms with Crippen LogP contribution in [0.5, 0.6) is 0 Å². The van der Waals surface area contributed by atoms with E-state index in [0.29, 0.717) is 13.2 Å². The van der Waals surface area contributed by atoms with Crippen LogP contribution in [0.3, 0.4) is 0 Å². The van der Waals surface area contributed by atoms with Crippen LogP contribution in [0.15, 0.2) is 12.4 Å². The Morgan fingerprint density at radius 2 is 2.22 bits per heavy atom. The van der Waals surface area contributed by atoms with Crippen LogP contribution >= 0.6 is 0 Å². The van der Waals surface area contributed by atoms with E-state index in [0.717, 1.165) is 5.82 Å². The Morgan fingerprint density at radius 3 is 2.78 bits per heavy atom. The zero-order valence-electron chi connectivity index (χ0n) is 11.9. The van der Waals surface area contributed by atoms with Gasteiger partial charge in [-0.3, -0.25) is 0 Å². The summed E-state index contributed by atoms with van der Waals surface area (Å²) in [6, 6.07) is -0.343. The van der Waals surface area contributed by atoms with Crippen LogP contribution in [0.1, 0.15) is 46.5 Å². The summed E-state index contributed by atoms with van der Waals surface area (Å²) >= 11 is 0. The fourth-order valence-electron chi connectivity index (χ4n) is 1.55. The van der Waals surface area contributed by atoms with Gasteiger partial charge in [0.25, 0.3) is 0 Å². The number of esters is 1. The molecule has 0 bridgehead atoms. The first kappa shape index (κ1) is 14.7. The molecule has 18 heavy (non-hydrogen) atoms. The zero-order chi connectivity index (χ0) is 13.8. The lowest BCUT2D eigenvalue weighted by atomic mass is 10.1. The third kappa shape index (κ3) is 4.14. The normalized spacial score (nSPS) is 13.4. The highest BCUT2D eigenvalue weighted by Crippen LogP contribution is 2.12. The largest absolute Gasteiger partial charge is 0.464 e. The number of ether oxygens (including phenoxy) is 1. The molecule has 0 radical (unpaired) electrons. The predicted molar refractivity (Wildman–Crippen MR) is 70.2 cm³/mol. The quantitative estimate of drug-likeness (QED) is 0.814.